The van der Waals surface area contributed by atoms with Crippen molar-refractivity contribution in [1.82, 2.24) is 9.80 Å². The van der Waals surface area contributed by atoms with Crippen LogP contribution in [0.1, 0.15) is 42.5 Å². The van der Waals surface area contributed by atoms with E-state index in [1.165, 1.54) is 51.7 Å². The monoisotopic (exact) mass is 356 g/mol. The Bertz CT molecular complexity index is 573. The van der Waals surface area contributed by atoms with Crippen molar-refractivity contribution < 1.29 is 9.53 Å². The number of amides is 1. The molecule has 0 bridgehead atoms. The van der Waals surface area contributed by atoms with Crippen molar-refractivity contribution in [3.05, 3.63) is 35.9 Å². The van der Waals surface area contributed by atoms with Gasteiger partial charge in [-0.2, -0.15) is 0 Å². The lowest BCUT2D eigenvalue weighted by Crippen LogP contribution is -2.32. The second kappa shape index (κ2) is 8.53. The maximum absolute atomic E-state index is 12.5. The average molecular weight is 357 g/mol. The number of hydrogen-bond donors (Lipinski definition) is 0. The maximum Gasteiger partial charge on any atom is 0.253 e. The molecule has 1 aliphatic carbocycles. The van der Waals surface area contributed by atoms with Gasteiger partial charge in [-0.25, -0.2) is 0 Å². The number of carbonyl (C=O) groups is 1. The fourth-order valence-corrected chi connectivity index (χ4v) is 4.77. The maximum atomic E-state index is 12.5. The van der Waals surface area contributed by atoms with E-state index in [-0.39, 0.29) is 5.91 Å². The van der Waals surface area contributed by atoms with Crippen LogP contribution in [0.5, 0.6) is 0 Å². The number of benzene rings is 1. The van der Waals surface area contributed by atoms with Crippen LogP contribution in [0.15, 0.2) is 30.3 Å². The number of nitrogens with zero attached hydrogens (tertiary/aromatic N) is 2. The van der Waals surface area contributed by atoms with Crippen LogP contribution < -0.4 is 0 Å². The van der Waals surface area contributed by atoms with Crippen molar-refractivity contribution in [1.29, 1.82) is 0 Å². The molecule has 0 aromatic heterocycles. The third-order valence-electron chi connectivity index (χ3n) is 6.45. The molecule has 4 rings (SSSR count). The first-order valence-corrected chi connectivity index (χ1v) is 10.5. The third kappa shape index (κ3) is 4.29. The molecule has 2 unspecified atom stereocenters. The van der Waals surface area contributed by atoms with E-state index in [9.17, 15) is 4.79 Å². The molecule has 2 heterocycles. The minimum absolute atomic E-state index is 0.190. The Morgan fingerprint density at radius 1 is 1.00 bits per heavy atom. The summed E-state index contributed by atoms with van der Waals surface area (Å²) in [6, 6.07) is 9.66. The Morgan fingerprint density at radius 3 is 2.46 bits per heavy atom. The van der Waals surface area contributed by atoms with E-state index in [0.29, 0.717) is 17.8 Å². The molecule has 2 aliphatic heterocycles. The molecule has 1 saturated carbocycles. The molecule has 2 atom stereocenters. The van der Waals surface area contributed by atoms with Gasteiger partial charge in [0.05, 0.1) is 6.61 Å². The molecule has 1 aromatic rings. The zero-order chi connectivity index (χ0) is 17.8. The Morgan fingerprint density at radius 2 is 1.73 bits per heavy atom. The zero-order valence-corrected chi connectivity index (χ0v) is 15.8. The van der Waals surface area contributed by atoms with E-state index >= 15 is 0 Å². The van der Waals surface area contributed by atoms with Crippen LogP contribution in [-0.4, -0.2) is 61.6 Å². The molecular weight excluding hydrogens is 324 g/mol. The van der Waals surface area contributed by atoms with E-state index in [2.05, 4.69) is 4.90 Å². The van der Waals surface area contributed by atoms with Crippen LogP contribution in [-0.2, 0) is 4.74 Å². The summed E-state index contributed by atoms with van der Waals surface area (Å²) in [6.07, 6.45) is 6.61. The topological polar surface area (TPSA) is 32.8 Å². The van der Waals surface area contributed by atoms with Gasteiger partial charge in [0.2, 0.25) is 0 Å². The summed E-state index contributed by atoms with van der Waals surface area (Å²) >= 11 is 0. The molecule has 3 aliphatic rings. The van der Waals surface area contributed by atoms with E-state index in [4.69, 9.17) is 4.74 Å². The van der Waals surface area contributed by atoms with Crippen molar-refractivity contribution in [3.63, 3.8) is 0 Å². The number of carbonyl (C=O) groups excluding carboxylic acids is 1. The van der Waals surface area contributed by atoms with Gasteiger partial charge in [-0.3, -0.25) is 4.79 Å². The van der Waals surface area contributed by atoms with Gasteiger partial charge >= 0.3 is 0 Å². The van der Waals surface area contributed by atoms with Crippen molar-refractivity contribution in [2.24, 2.45) is 17.8 Å². The zero-order valence-electron chi connectivity index (χ0n) is 15.8. The molecule has 1 amide bonds. The van der Waals surface area contributed by atoms with Crippen LogP contribution in [0, 0.1) is 17.8 Å². The van der Waals surface area contributed by atoms with Gasteiger partial charge in [0, 0.05) is 25.3 Å². The minimum atomic E-state index is 0.190. The third-order valence-corrected chi connectivity index (χ3v) is 6.45. The second-order valence-electron chi connectivity index (χ2n) is 8.25. The van der Waals surface area contributed by atoms with E-state index in [1.54, 1.807) is 0 Å². The van der Waals surface area contributed by atoms with Crippen LogP contribution in [0.25, 0.3) is 0 Å². The van der Waals surface area contributed by atoms with E-state index in [1.807, 2.05) is 35.2 Å². The molecule has 4 heteroatoms. The lowest BCUT2D eigenvalue weighted by Gasteiger charge is -2.26. The summed E-state index contributed by atoms with van der Waals surface area (Å²) in [6.45, 7) is 7.47. The molecule has 2 saturated heterocycles. The van der Waals surface area contributed by atoms with Gasteiger partial charge in [-0.1, -0.05) is 24.6 Å². The SMILES string of the molecule is O=C(c1ccccc1)N1CC2C(COCCCCN3CCCCC3)C2C1. The summed E-state index contributed by atoms with van der Waals surface area (Å²) in [5.74, 6) is 2.24. The predicted molar refractivity (Wildman–Crippen MR) is 103 cm³/mol. The molecule has 26 heavy (non-hydrogen) atoms. The Hall–Kier alpha value is -1.39. The standard InChI is InChI=1S/C22H32N2O2/c25-22(18-9-3-1-4-10-18)24-15-19-20(16-24)21(19)17-26-14-8-7-13-23-11-5-2-6-12-23/h1,3-4,9-10,19-21H,2,5-8,11-17H2. The number of ether oxygens (including phenoxy) is 1. The van der Waals surface area contributed by atoms with E-state index < -0.39 is 0 Å². The van der Waals surface area contributed by atoms with Crippen molar-refractivity contribution >= 4 is 5.91 Å². The van der Waals surface area contributed by atoms with Crippen LogP contribution in [0.3, 0.4) is 0 Å². The first-order valence-electron chi connectivity index (χ1n) is 10.5. The lowest BCUT2D eigenvalue weighted by atomic mass is 10.1. The van der Waals surface area contributed by atoms with Gasteiger partial charge < -0.3 is 14.5 Å². The van der Waals surface area contributed by atoms with Crippen molar-refractivity contribution in [2.45, 2.75) is 32.1 Å². The molecule has 3 fully saturated rings. The first-order chi connectivity index (χ1) is 12.8. The highest BCUT2D eigenvalue weighted by molar-refractivity contribution is 5.94. The van der Waals surface area contributed by atoms with Gasteiger partial charge in [0.1, 0.15) is 0 Å². The molecule has 0 radical (unpaired) electrons. The summed E-state index contributed by atoms with van der Waals surface area (Å²) in [4.78, 5) is 17.1. The fraction of sp³-hybridized carbons (Fsp3) is 0.682. The van der Waals surface area contributed by atoms with Gasteiger partial charge in [-0.15, -0.1) is 0 Å². The highest BCUT2D eigenvalue weighted by Crippen LogP contribution is 2.51. The Kier molecular flexibility index (Phi) is 5.91. The quantitative estimate of drug-likeness (QED) is 0.670. The van der Waals surface area contributed by atoms with Crippen LogP contribution in [0.4, 0.5) is 0 Å². The largest absolute Gasteiger partial charge is 0.381 e. The highest BCUT2D eigenvalue weighted by atomic mass is 16.5. The predicted octanol–water partition coefficient (Wildman–Crippen LogP) is 3.29. The molecule has 4 nitrogen and oxygen atoms in total. The minimum Gasteiger partial charge on any atom is -0.381 e. The summed E-state index contributed by atoms with van der Waals surface area (Å²) in [7, 11) is 0. The smallest absolute Gasteiger partial charge is 0.253 e. The van der Waals surface area contributed by atoms with Crippen molar-refractivity contribution in [2.75, 3.05) is 45.9 Å². The number of unbranched alkanes of at least 4 members (excludes halogenated alkanes) is 1. The summed E-state index contributed by atoms with van der Waals surface area (Å²) < 4.78 is 5.94. The molecule has 142 valence electrons. The molecular formula is C22H32N2O2. The van der Waals surface area contributed by atoms with Gasteiger partial charge in [0.15, 0.2) is 0 Å². The van der Waals surface area contributed by atoms with Gasteiger partial charge in [0.25, 0.3) is 5.91 Å². The summed E-state index contributed by atoms with van der Waals surface area (Å²) in [5, 5.41) is 0. The van der Waals surface area contributed by atoms with Crippen LogP contribution in [0.2, 0.25) is 0 Å². The van der Waals surface area contributed by atoms with E-state index in [0.717, 1.165) is 31.9 Å². The number of hydrogen-bond acceptors (Lipinski definition) is 3. The number of likely N-dealkylation sites (tertiary alicyclic amines) is 2. The lowest BCUT2D eigenvalue weighted by molar-refractivity contribution is 0.0729. The van der Waals surface area contributed by atoms with Crippen molar-refractivity contribution in [3.8, 4) is 0 Å². The normalized spacial score (nSPS) is 28.2. The van der Waals surface area contributed by atoms with Gasteiger partial charge in [-0.05, 0) is 75.2 Å². The number of piperidine rings is 2. The fourth-order valence-electron chi connectivity index (χ4n) is 4.77. The average Bonchev–Trinajstić information content (AvgIpc) is 3.14. The highest BCUT2D eigenvalue weighted by Gasteiger charge is 2.56. The molecule has 0 N–H and O–H groups in total. The Labute approximate surface area is 157 Å². The Balaban J connectivity index is 1.07. The first kappa shape index (κ1) is 18.0. The second-order valence-corrected chi connectivity index (χ2v) is 8.25. The van der Waals surface area contributed by atoms with Crippen LogP contribution >= 0.6 is 0 Å². The number of fused-ring (bicyclic) bond motifs is 1. The summed E-state index contributed by atoms with van der Waals surface area (Å²) in [5.41, 5.74) is 0.815. The number of rotatable bonds is 8. The molecule has 0 spiro atoms. The molecule has 1 aromatic carbocycles.